The molecule has 0 radical (unpaired) electrons. The van der Waals surface area contributed by atoms with E-state index >= 15 is 0 Å². The molecule has 0 saturated heterocycles. The zero-order valence-electron chi connectivity index (χ0n) is 10.1. The number of anilines is 2. The number of nitrogens with one attached hydrogen (secondary N) is 1. The molecule has 0 spiro atoms. The summed E-state index contributed by atoms with van der Waals surface area (Å²) in [6.07, 6.45) is 2.94. The highest BCUT2D eigenvalue weighted by Crippen LogP contribution is 2.28. The Morgan fingerprint density at radius 2 is 2.20 bits per heavy atom. The van der Waals surface area contributed by atoms with Crippen molar-refractivity contribution in [3.63, 3.8) is 0 Å². The van der Waals surface area contributed by atoms with Gasteiger partial charge < -0.3 is 5.73 Å². The lowest BCUT2D eigenvalue weighted by Gasteiger charge is -2.02. The number of fused-ring (bicyclic) bond motifs is 1. The largest absolute Gasteiger partial charge is 0.399 e. The number of hydrogen-bond donors (Lipinski definition) is 2. The van der Waals surface area contributed by atoms with Crippen molar-refractivity contribution >= 4 is 49.9 Å². The summed E-state index contributed by atoms with van der Waals surface area (Å²) >= 11 is 7.29. The molecular weight excluding hydrogens is 296 g/mol. The number of nitrogens with two attached hydrogens (primary N) is 1. The van der Waals surface area contributed by atoms with E-state index in [0.717, 1.165) is 10.2 Å². The van der Waals surface area contributed by atoms with E-state index in [4.69, 9.17) is 17.3 Å². The van der Waals surface area contributed by atoms with E-state index in [-0.39, 0.29) is 5.91 Å². The maximum atomic E-state index is 12.1. The predicted octanol–water partition coefficient (Wildman–Crippen LogP) is 3.18. The van der Waals surface area contributed by atoms with Crippen molar-refractivity contribution in [2.75, 3.05) is 11.1 Å². The number of benzene rings is 1. The molecule has 100 valence electrons. The molecule has 2 aromatic heterocycles. The van der Waals surface area contributed by atoms with Gasteiger partial charge in [-0.3, -0.25) is 15.1 Å². The first-order valence-corrected chi connectivity index (χ1v) is 6.90. The van der Waals surface area contributed by atoms with Crippen LogP contribution in [-0.2, 0) is 0 Å². The minimum atomic E-state index is -0.315. The number of aromatic nitrogens is 2. The molecule has 3 rings (SSSR count). The second kappa shape index (κ2) is 5.07. The number of halogens is 1. The van der Waals surface area contributed by atoms with Gasteiger partial charge in [-0.05, 0) is 24.3 Å². The molecule has 5 nitrogen and oxygen atoms in total. The number of hydrogen-bond acceptors (Lipinski definition) is 5. The fourth-order valence-electron chi connectivity index (χ4n) is 1.72. The highest BCUT2D eigenvalue weighted by Gasteiger charge is 2.12. The SMILES string of the molecule is Nc1ccc2nc(NC(=O)c3ccncc3Cl)sc2c1. The van der Waals surface area contributed by atoms with E-state index in [1.807, 2.05) is 12.1 Å². The highest BCUT2D eigenvalue weighted by molar-refractivity contribution is 7.22. The van der Waals surface area contributed by atoms with Crippen molar-refractivity contribution in [2.45, 2.75) is 0 Å². The predicted molar refractivity (Wildman–Crippen MR) is 81.2 cm³/mol. The van der Waals surface area contributed by atoms with Crippen LogP contribution in [0.2, 0.25) is 5.02 Å². The second-order valence-corrected chi connectivity index (χ2v) is 5.49. The van der Waals surface area contributed by atoms with Crippen LogP contribution in [0.25, 0.3) is 10.2 Å². The Hall–Kier alpha value is -2.18. The molecule has 0 aliphatic rings. The molecule has 7 heteroatoms. The summed E-state index contributed by atoms with van der Waals surface area (Å²) in [6.45, 7) is 0. The Balaban J connectivity index is 1.89. The Labute approximate surface area is 123 Å². The van der Waals surface area contributed by atoms with E-state index < -0.39 is 0 Å². The third kappa shape index (κ3) is 2.43. The van der Waals surface area contributed by atoms with E-state index in [0.29, 0.717) is 21.4 Å². The van der Waals surface area contributed by atoms with Crippen LogP contribution in [-0.4, -0.2) is 15.9 Å². The fraction of sp³-hybridized carbons (Fsp3) is 0. The topological polar surface area (TPSA) is 80.9 Å². The van der Waals surface area contributed by atoms with Gasteiger partial charge in [-0.1, -0.05) is 22.9 Å². The van der Waals surface area contributed by atoms with E-state index in [1.54, 1.807) is 12.1 Å². The molecule has 3 aromatic rings. The van der Waals surface area contributed by atoms with Crippen LogP contribution < -0.4 is 11.1 Å². The molecule has 0 aliphatic heterocycles. The zero-order chi connectivity index (χ0) is 14.1. The molecule has 3 N–H and O–H groups in total. The lowest BCUT2D eigenvalue weighted by molar-refractivity contribution is 0.102. The van der Waals surface area contributed by atoms with Gasteiger partial charge in [-0.2, -0.15) is 0 Å². The Morgan fingerprint density at radius 3 is 3.00 bits per heavy atom. The first-order chi connectivity index (χ1) is 9.63. The van der Waals surface area contributed by atoms with Gasteiger partial charge in [0.15, 0.2) is 5.13 Å². The van der Waals surface area contributed by atoms with Gasteiger partial charge in [0.25, 0.3) is 5.91 Å². The van der Waals surface area contributed by atoms with Crippen LogP contribution in [0.15, 0.2) is 36.7 Å². The smallest absolute Gasteiger partial charge is 0.259 e. The Morgan fingerprint density at radius 1 is 1.35 bits per heavy atom. The van der Waals surface area contributed by atoms with Crippen molar-refractivity contribution in [3.05, 3.63) is 47.2 Å². The molecule has 2 heterocycles. The van der Waals surface area contributed by atoms with Crippen LogP contribution >= 0.6 is 22.9 Å². The minimum Gasteiger partial charge on any atom is -0.399 e. The molecule has 0 atom stereocenters. The quantitative estimate of drug-likeness (QED) is 0.712. The molecule has 0 unspecified atom stereocenters. The van der Waals surface area contributed by atoms with Crippen molar-refractivity contribution in [2.24, 2.45) is 0 Å². The number of pyridine rings is 1. The molecule has 1 aromatic carbocycles. The molecule has 1 amide bonds. The van der Waals surface area contributed by atoms with Gasteiger partial charge in [0.2, 0.25) is 0 Å². The van der Waals surface area contributed by atoms with Crippen molar-refractivity contribution in [1.29, 1.82) is 0 Å². The van der Waals surface area contributed by atoms with Crippen LogP contribution in [0.4, 0.5) is 10.8 Å². The van der Waals surface area contributed by atoms with Crippen molar-refractivity contribution in [3.8, 4) is 0 Å². The number of carbonyl (C=O) groups excluding carboxylic acids is 1. The Kier molecular flexibility index (Phi) is 3.25. The standard InChI is InChI=1S/C13H9ClN4OS/c14-9-6-16-4-3-8(9)12(19)18-13-17-10-2-1-7(15)5-11(10)20-13/h1-6H,15H2,(H,17,18,19). The van der Waals surface area contributed by atoms with Crippen molar-refractivity contribution < 1.29 is 4.79 Å². The molecular formula is C13H9ClN4OS. The monoisotopic (exact) mass is 304 g/mol. The van der Waals surface area contributed by atoms with Crippen LogP contribution in [0.3, 0.4) is 0 Å². The van der Waals surface area contributed by atoms with Gasteiger partial charge in [-0.25, -0.2) is 4.98 Å². The first kappa shape index (κ1) is 12.8. The number of carbonyl (C=O) groups is 1. The van der Waals surface area contributed by atoms with Gasteiger partial charge >= 0.3 is 0 Å². The lowest BCUT2D eigenvalue weighted by Crippen LogP contribution is -2.12. The normalized spacial score (nSPS) is 10.7. The summed E-state index contributed by atoms with van der Waals surface area (Å²) in [5.74, 6) is -0.315. The third-order valence-corrected chi connectivity index (χ3v) is 3.88. The summed E-state index contributed by atoms with van der Waals surface area (Å²) in [7, 11) is 0. The van der Waals surface area contributed by atoms with E-state index in [9.17, 15) is 4.79 Å². The van der Waals surface area contributed by atoms with Crippen LogP contribution in [0, 0.1) is 0 Å². The Bertz CT molecular complexity index is 802. The van der Waals surface area contributed by atoms with Gasteiger partial charge in [-0.15, -0.1) is 0 Å². The summed E-state index contributed by atoms with van der Waals surface area (Å²) in [5.41, 5.74) is 7.53. The number of thiazole rings is 1. The lowest BCUT2D eigenvalue weighted by atomic mass is 10.2. The number of amides is 1. The molecule has 0 aliphatic carbocycles. The average Bonchev–Trinajstić information content (AvgIpc) is 2.80. The van der Waals surface area contributed by atoms with Crippen LogP contribution in [0.5, 0.6) is 0 Å². The maximum absolute atomic E-state index is 12.1. The first-order valence-electron chi connectivity index (χ1n) is 5.70. The van der Waals surface area contributed by atoms with Crippen LogP contribution in [0.1, 0.15) is 10.4 Å². The average molecular weight is 305 g/mol. The van der Waals surface area contributed by atoms with Crippen molar-refractivity contribution in [1.82, 2.24) is 9.97 Å². The number of nitrogens with zero attached hydrogens (tertiary/aromatic N) is 2. The summed E-state index contributed by atoms with van der Waals surface area (Å²) in [5, 5.41) is 3.53. The maximum Gasteiger partial charge on any atom is 0.259 e. The van der Waals surface area contributed by atoms with Gasteiger partial charge in [0, 0.05) is 18.1 Å². The third-order valence-electron chi connectivity index (χ3n) is 2.65. The molecule has 20 heavy (non-hydrogen) atoms. The molecule has 0 saturated carbocycles. The van der Waals surface area contributed by atoms with Gasteiger partial charge in [0.1, 0.15) is 0 Å². The number of rotatable bonds is 2. The molecule has 0 fully saturated rings. The molecule has 0 bridgehead atoms. The summed E-state index contributed by atoms with van der Waals surface area (Å²) in [4.78, 5) is 20.3. The van der Waals surface area contributed by atoms with E-state index in [1.165, 1.54) is 23.7 Å². The highest BCUT2D eigenvalue weighted by atomic mass is 35.5. The summed E-state index contributed by atoms with van der Waals surface area (Å²) < 4.78 is 0.918. The zero-order valence-corrected chi connectivity index (χ0v) is 11.7. The minimum absolute atomic E-state index is 0.301. The van der Waals surface area contributed by atoms with E-state index in [2.05, 4.69) is 15.3 Å². The number of nitrogen functional groups attached to an aromatic ring is 1. The fourth-order valence-corrected chi connectivity index (χ4v) is 2.83. The summed E-state index contributed by atoms with van der Waals surface area (Å²) in [6, 6.07) is 6.97. The second-order valence-electron chi connectivity index (χ2n) is 4.06. The van der Waals surface area contributed by atoms with Gasteiger partial charge in [0.05, 0.1) is 20.8 Å².